The molecule has 2 heterocycles. The summed E-state index contributed by atoms with van der Waals surface area (Å²) in [7, 11) is 0. The van der Waals surface area contributed by atoms with Gasteiger partial charge in [-0.25, -0.2) is 14.6 Å². The van der Waals surface area contributed by atoms with E-state index in [1.807, 2.05) is 36.4 Å². The minimum Gasteiger partial charge on any atom is -0.494 e. The van der Waals surface area contributed by atoms with Crippen LogP contribution in [0.25, 0.3) is 32.0 Å². The molecule has 15 heteroatoms. The van der Waals surface area contributed by atoms with E-state index < -0.39 is 11.9 Å². The monoisotopic (exact) mass is 1080 g/mol. The van der Waals surface area contributed by atoms with Crippen LogP contribution in [-0.4, -0.2) is 68.5 Å². The lowest BCUT2D eigenvalue weighted by Crippen LogP contribution is -2.27. The maximum atomic E-state index is 13.3. The van der Waals surface area contributed by atoms with E-state index in [2.05, 4.69) is 45.2 Å². The number of esters is 4. The van der Waals surface area contributed by atoms with Crippen LogP contribution in [0, 0.1) is 37.5 Å². The lowest BCUT2D eigenvalue weighted by atomic mass is 9.82. The number of thiazole rings is 1. The van der Waals surface area contributed by atoms with Crippen molar-refractivity contribution in [1.82, 2.24) is 4.98 Å². The minimum atomic E-state index is -0.394. The number of unbranched alkanes of at least 4 members (excludes halogenated alkanes) is 6. The van der Waals surface area contributed by atoms with E-state index in [0.29, 0.717) is 62.7 Å². The Hall–Kier alpha value is -7.13. The first-order chi connectivity index (χ1) is 38.0. The highest BCUT2D eigenvalue weighted by Gasteiger charge is 2.31. The molecular formula is C63H73NO13S. The molecule has 0 unspecified atom stereocenters. The SMILES string of the molecule is C=CC(=O)OCCCCCCOc1ccc(OC(=O)C2CCC(COc3ccc(OCC4CCC(C(=O)Oc5ccc(OCCCCCCOC(=O)C=C)cc5)CC4)c4sc(-c5cc6c(C)cc(C)cc6o5)nc34)CC2)cc1. The molecule has 0 atom stereocenters. The lowest BCUT2D eigenvalue weighted by Gasteiger charge is -2.27. The Balaban J connectivity index is 0.792. The van der Waals surface area contributed by atoms with Crippen molar-refractivity contribution in [2.24, 2.45) is 23.7 Å². The Labute approximate surface area is 461 Å². The van der Waals surface area contributed by atoms with Crippen molar-refractivity contribution in [3.05, 3.63) is 115 Å². The maximum Gasteiger partial charge on any atom is 0.330 e. The van der Waals surface area contributed by atoms with E-state index in [9.17, 15) is 19.2 Å². The largest absolute Gasteiger partial charge is 0.494 e. The van der Waals surface area contributed by atoms with Gasteiger partial charge >= 0.3 is 23.9 Å². The zero-order valence-electron chi connectivity index (χ0n) is 45.1. The van der Waals surface area contributed by atoms with Gasteiger partial charge in [-0.1, -0.05) is 19.2 Å². The molecule has 0 spiro atoms. The van der Waals surface area contributed by atoms with Gasteiger partial charge in [-0.05, 0) is 212 Å². The Morgan fingerprint density at radius 3 is 1.53 bits per heavy atom. The third kappa shape index (κ3) is 16.7. The molecule has 2 saturated carbocycles. The van der Waals surface area contributed by atoms with Crippen LogP contribution >= 0.6 is 11.3 Å². The summed E-state index contributed by atoms with van der Waals surface area (Å²) >= 11 is 1.53. The predicted octanol–water partition coefficient (Wildman–Crippen LogP) is 14.2. The fraction of sp³-hybridized carbons (Fsp3) is 0.444. The van der Waals surface area contributed by atoms with Gasteiger partial charge < -0.3 is 42.3 Å². The van der Waals surface area contributed by atoms with Gasteiger partial charge in [-0.2, -0.15) is 0 Å². The van der Waals surface area contributed by atoms with Crippen molar-refractivity contribution in [3.63, 3.8) is 0 Å². The van der Waals surface area contributed by atoms with Crippen LogP contribution in [0.15, 0.2) is 109 Å². The van der Waals surface area contributed by atoms with Crippen molar-refractivity contribution in [3.8, 4) is 45.3 Å². The number of hydrogen-bond donors (Lipinski definition) is 0. The van der Waals surface area contributed by atoms with E-state index in [1.165, 1.54) is 23.5 Å². The number of aryl methyl sites for hydroxylation is 2. The second-order valence-corrected chi connectivity index (χ2v) is 21.5. The fourth-order valence-electron chi connectivity index (χ4n) is 10.00. The van der Waals surface area contributed by atoms with Gasteiger partial charge in [0, 0.05) is 17.5 Å². The summed E-state index contributed by atoms with van der Waals surface area (Å²) in [4.78, 5) is 53.9. The topological polar surface area (TPSA) is 168 Å². The summed E-state index contributed by atoms with van der Waals surface area (Å²) in [5, 5.41) is 1.79. The third-order valence-electron chi connectivity index (χ3n) is 14.5. The van der Waals surface area contributed by atoms with Crippen LogP contribution < -0.4 is 28.4 Å². The molecule has 414 valence electrons. The molecule has 2 aliphatic carbocycles. The highest BCUT2D eigenvalue weighted by Crippen LogP contribution is 2.43. The first kappa shape index (κ1) is 57.1. The number of carbonyl (C=O) groups is 4. The third-order valence-corrected chi connectivity index (χ3v) is 15.6. The van der Waals surface area contributed by atoms with Crippen LogP contribution in [0.4, 0.5) is 0 Å². The van der Waals surface area contributed by atoms with Crippen LogP contribution in [-0.2, 0) is 28.7 Å². The van der Waals surface area contributed by atoms with Crippen molar-refractivity contribution < 1.29 is 61.5 Å². The van der Waals surface area contributed by atoms with Crippen LogP contribution in [0.5, 0.6) is 34.5 Å². The predicted molar refractivity (Wildman–Crippen MR) is 301 cm³/mol. The Kier molecular flexibility index (Phi) is 21.2. The highest BCUT2D eigenvalue weighted by molar-refractivity contribution is 7.22. The summed E-state index contributed by atoms with van der Waals surface area (Å²) < 4.78 is 53.9. The molecule has 4 aromatic carbocycles. The van der Waals surface area contributed by atoms with Gasteiger partial charge in [0.1, 0.15) is 50.3 Å². The van der Waals surface area contributed by atoms with Crippen LogP contribution in [0.1, 0.15) is 114 Å². The molecule has 0 N–H and O–H groups in total. The Bertz CT molecular complexity index is 2790. The average molecular weight is 1080 g/mol. The summed E-state index contributed by atoms with van der Waals surface area (Å²) in [6.07, 6.45) is 15.8. The number of benzene rings is 4. The van der Waals surface area contributed by atoms with Gasteiger partial charge in [-0.15, -0.1) is 11.3 Å². The number of furan rings is 1. The molecular weight excluding hydrogens is 1010 g/mol. The molecule has 2 aliphatic rings. The first-order valence-corrected chi connectivity index (χ1v) is 28.5. The van der Waals surface area contributed by atoms with Gasteiger partial charge in [0.25, 0.3) is 0 Å². The van der Waals surface area contributed by atoms with Gasteiger partial charge in [-0.3, -0.25) is 9.59 Å². The summed E-state index contributed by atoms with van der Waals surface area (Å²) in [5.74, 6) is 3.49. The number of fused-ring (bicyclic) bond motifs is 2. The summed E-state index contributed by atoms with van der Waals surface area (Å²) in [6.45, 7) is 13.9. The molecule has 0 bridgehead atoms. The summed E-state index contributed by atoms with van der Waals surface area (Å²) in [6, 6.07) is 24.6. The number of nitrogens with zero attached hydrogens (tertiary/aromatic N) is 1. The minimum absolute atomic E-state index is 0.183. The maximum absolute atomic E-state index is 13.3. The molecule has 6 aromatic rings. The molecule has 78 heavy (non-hydrogen) atoms. The first-order valence-electron chi connectivity index (χ1n) is 27.7. The highest BCUT2D eigenvalue weighted by atomic mass is 32.1. The molecule has 2 fully saturated rings. The van der Waals surface area contributed by atoms with E-state index >= 15 is 0 Å². The van der Waals surface area contributed by atoms with Crippen LogP contribution in [0.2, 0.25) is 0 Å². The molecule has 0 amide bonds. The van der Waals surface area contributed by atoms with E-state index in [-0.39, 0.29) is 35.6 Å². The van der Waals surface area contributed by atoms with E-state index in [0.717, 1.165) is 157 Å². The number of hydrogen-bond acceptors (Lipinski definition) is 15. The van der Waals surface area contributed by atoms with Crippen molar-refractivity contribution in [2.45, 2.75) is 117 Å². The lowest BCUT2D eigenvalue weighted by molar-refractivity contribution is -0.141. The molecule has 8 rings (SSSR count). The van der Waals surface area contributed by atoms with Gasteiger partial charge in [0.2, 0.25) is 0 Å². The quantitative estimate of drug-likeness (QED) is 0.0188. The van der Waals surface area contributed by atoms with Gasteiger partial charge in [0.05, 0.1) is 51.5 Å². The summed E-state index contributed by atoms with van der Waals surface area (Å²) in [5.41, 5.74) is 3.82. The van der Waals surface area contributed by atoms with Gasteiger partial charge in [0.15, 0.2) is 10.8 Å². The second-order valence-electron chi connectivity index (χ2n) is 20.5. The molecule has 0 saturated heterocycles. The zero-order chi connectivity index (χ0) is 54.6. The molecule has 14 nitrogen and oxygen atoms in total. The van der Waals surface area contributed by atoms with Crippen molar-refractivity contribution in [1.29, 1.82) is 0 Å². The van der Waals surface area contributed by atoms with Crippen LogP contribution in [0.3, 0.4) is 0 Å². The standard InChI is InChI=1S/C63H73NO13S/c1-5-57(65)71-35-13-9-7-11-33-69-48-23-27-50(28-24-48)75-62(67)46-19-15-44(16-20-46)40-73-53-31-32-54(60-59(53)64-61(78-60)56-39-52-43(4)37-42(3)38-55(52)77-56)74-41-45-17-21-47(22-18-45)63(68)76-51-29-25-49(26-30-51)70-34-12-8-10-14-36-72-58(66)6-2/h5-6,23-32,37-39,44-47H,1-2,7-22,33-36,40-41H2,3-4H3. The molecule has 2 aromatic heterocycles. The van der Waals surface area contributed by atoms with Crippen molar-refractivity contribution in [2.75, 3.05) is 39.6 Å². The average Bonchev–Trinajstić information content (AvgIpc) is 4.24. The fourth-order valence-corrected chi connectivity index (χ4v) is 11.0. The van der Waals surface area contributed by atoms with E-state index in [1.54, 1.807) is 24.3 Å². The smallest absolute Gasteiger partial charge is 0.330 e. The number of aromatic nitrogens is 1. The Morgan fingerprint density at radius 2 is 1.03 bits per heavy atom. The molecule has 0 aliphatic heterocycles. The zero-order valence-corrected chi connectivity index (χ0v) is 45.9. The Morgan fingerprint density at radius 1 is 0.564 bits per heavy atom. The second kappa shape index (κ2) is 29.0. The molecule has 0 radical (unpaired) electrons. The number of carbonyl (C=O) groups excluding carboxylic acids is 4. The normalized spacial score (nSPS) is 17.2. The number of ether oxygens (including phenoxy) is 8. The van der Waals surface area contributed by atoms with Crippen molar-refractivity contribution >= 4 is 56.4 Å². The van der Waals surface area contributed by atoms with E-state index in [4.69, 9.17) is 47.3 Å². The number of rotatable bonds is 29.